The van der Waals surface area contributed by atoms with Crippen molar-refractivity contribution in [1.82, 2.24) is 10.3 Å². The highest BCUT2D eigenvalue weighted by Gasteiger charge is 2.16. The predicted octanol–water partition coefficient (Wildman–Crippen LogP) is 4.37. The van der Waals surface area contributed by atoms with Crippen molar-refractivity contribution in [2.75, 3.05) is 6.54 Å². The fraction of sp³-hybridized carbons (Fsp3) is 0.429. The number of fused-ring (bicyclic) bond motifs is 2. The summed E-state index contributed by atoms with van der Waals surface area (Å²) in [5, 5.41) is 7.40. The number of carbonyl (C=O) groups is 1. The molecule has 2 heterocycles. The Morgan fingerprint density at radius 3 is 2.92 bits per heavy atom. The highest BCUT2D eigenvalue weighted by atomic mass is 32.1. The Balaban J connectivity index is 1.26. The number of nitrogens with one attached hydrogen (secondary N) is 1. The lowest BCUT2D eigenvalue weighted by Gasteiger charge is -2.05. The molecule has 0 saturated heterocycles. The minimum atomic E-state index is 0.0679. The molecule has 136 valence electrons. The number of hydrogen-bond acceptors (Lipinski definition) is 4. The van der Waals surface area contributed by atoms with Crippen LogP contribution in [0.3, 0.4) is 0 Å². The van der Waals surface area contributed by atoms with E-state index in [1.165, 1.54) is 22.6 Å². The van der Waals surface area contributed by atoms with Crippen LogP contribution in [0.15, 0.2) is 28.2 Å². The van der Waals surface area contributed by atoms with Gasteiger partial charge in [0.15, 0.2) is 0 Å². The quantitative estimate of drug-likeness (QED) is 0.630. The topological polar surface area (TPSA) is 55.1 Å². The molecule has 1 aromatic carbocycles. The van der Waals surface area contributed by atoms with E-state index in [-0.39, 0.29) is 5.91 Å². The molecule has 0 spiro atoms. The Labute approximate surface area is 157 Å². The van der Waals surface area contributed by atoms with Gasteiger partial charge in [0.2, 0.25) is 5.91 Å². The number of aryl methyl sites for hydroxylation is 4. The molecular formula is C21H24N2O2S. The monoisotopic (exact) mass is 368 g/mol. The predicted molar refractivity (Wildman–Crippen MR) is 105 cm³/mol. The van der Waals surface area contributed by atoms with Crippen LogP contribution in [0.25, 0.3) is 11.0 Å². The number of furan rings is 1. The van der Waals surface area contributed by atoms with Gasteiger partial charge in [-0.1, -0.05) is 0 Å². The van der Waals surface area contributed by atoms with Gasteiger partial charge in [0.1, 0.15) is 5.58 Å². The third-order valence-electron chi connectivity index (χ3n) is 5.03. The van der Waals surface area contributed by atoms with Gasteiger partial charge in [0, 0.05) is 28.6 Å². The third-order valence-corrected chi connectivity index (χ3v) is 6.05. The molecule has 5 heteroatoms. The molecule has 3 aromatic rings. The first kappa shape index (κ1) is 17.3. The molecule has 26 heavy (non-hydrogen) atoms. The Kier molecular flexibility index (Phi) is 5.07. The molecule has 0 unspecified atom stereocenters. The second kappa shape index (κ2) is 7.62. The average molecular weight is 369 g/mol. The number of aromatic nitrogens is 1. The number of unbranched alkanes of at least 4 members (excludes halogenated alkanes) is 1. The van der Waals surface area contributed by atoms with E-state index < -0.39 is 0 Å². The summed E-state index contributed by atoms with van der Waals surface area (Å²) in [4.78, 5) is 16.7. The molecule has 0 radical (unpaired) electrons. The Morgan fingerprint density at radius 2 is 2.12 bits per heavy atom. The number of hydrogen-bond donors (Lipinski definition) is 1. The van der Waals surface area contributed by atoms with Crippen molar-refractivity contribution in [3.63, 3.8) is 0 Å². The van der Waals surface area contributed by atoms with Crippen LogP contribution >= 0.6 is 11.3 Å². The van der Waals surface area contributed by atoms with Crippen molar-refractivity contribution >= 4 is 28.2 Å². The molecule has 0 saturated carbocycles. The first-order chi connectivity index (χ1) is 12.7. The van der Waals surface area contributed by atoms with E-state index in [2.05, 4.69) is 27.8 Å². The Bertz CT molecular complexity index is 925. The van der Waals surface area contributed by atoms with Crippen molar-refractivity contribution in [3.05, 3.63) is 51.2 Å². The molecule has 0 bridgehead atoms. The maximum atomic E-state index is 12.3. The number of carbonyl (C=O) groups excluding carboxylic acids is 1. The van der Waals surface area contributed by atoms with Gasteiger partial charge in [-0.25, -0.2) is 4.98 Å². The van der Waals surface area contributed by atoms with Crippen LogP contribution in [0.4, 0.5) is 0 Å². The van der Waals surface area contributed by atoms with Crippen LogP contribution in [0.2, 0.25) is 0 Å². The summed E-state index contributed by atoms with van der Waals surface area (Å²) in [5.74, 6) is 0.0679. The van der Waals surface area contributed by atoms with E-state index >= 15 is 0 Å². The van der Waals surface area contributed by atoms with Crippen LogP contribution in [-0.2, 0) is 30.5 Å². The molecule has 1 N–H and O–H groups in total. The SMILES string of the molecule is Cc1csc(CCCCNC(=O)Cc2coc3cc4c(cc23)CCC4)n1. The lowest BCUT2D eigenvalue weighted by molar-refractivity contribution is -0.120. The first-order valence-electron chi connectivity index (χ1n) is 9.38. The normalized spacial score (nSPS) is 13.3. The maximum Gasteiger partial charge on any atom is 0.224 e. The lowest BCUT2D eigenvalue weighted by Crippen LogP contribution is -2.26. The highest BCUT2D eigenvalue weighted by Crippen LogP contribution is 2.30. The van der Waals surface area contributed by atoms with E-state index in [1.807, 2.05) is 6.92 Å². The van der Waals surface area contributed by atoms with Gasteiger partial charge in [-0.3, -0.25) is 4.79 Å². The summed E-state index contributed by atoms with van der Waals surface area (Å²) in [5.41, 5.74) is 5.81. The van der Waals surface area contributed by atoms with Crippen molar-refractivity contribution in [2.24, 2.45) is 0 Å². The van der Waals surface area contributed by atoms with Gasteiger partial charge in [0.05, 0.1) is 17.7 Å². The summed E-state index contributed by atoms with van der Waals surface area (Å²) in [6, 6.07) is 4.37. The summed E-state index contributed by atoms with van der Waals surface area (Å²) in [7, 11) is 0. The number of benzene rings is 1. The van der Waals surface area contributed by atoms with E-state index in [1.54, 1.807) is 17.6 Å². The third kappa shape index (κ3) is 3.83. The second-order valence-electron chi connectivity index (χ2n) is 7.10. The molecule has 1 amide bonds. The molecule has 0 fully saturated rings. The van der Waals surface area contributed by atoms with Gasteiger partial charge in [-0.15, -0.1) is 11.3 Å². The van der Waals surface area contributed by atoms with E-state index in [4.69, 9.17) is 4.42 Å². The van der Waals surface area contributed by atoms with Crippen molar-refractivity contribution in [2.45, 2.75) is 51.9 Å². The van der Waals surface area contributed by atoms with Crippen LogP contribution in [0.5, 0.6) is 0 Å². The summed E-state index contributed by atoms with van der Waals surface area (Å²) in [6.45, 7) is 2.74. The molecule has 4 rings (SSSR count). The van der Waals surface area contributed by atoms with E-state index in [0.29, 0.717) is 13.0 Å². The zero-order chi connectivity index (χ0) is 17.9. The smallest absolute Gasteiger partial charge is 0.224 e. The lowest BCUT2D eigenvalue weighted by atomic mass is 10.0. The average Bonchev–Trinajstić information content (AvgIpc) is 3.33. The minimum absolute atomic E-state index is 0.0679. The van der Waals surface area contributed by atoms with Gasteiger partial charge in [-0.05, 0) is 68.7 Å². The number of rotatable bonds is 7. The van der Waals surface area contributed by atoms with Gasteiger partial charge in [0.25, 0.3) is 0 Å². The fourth-order valence-electron chi connectivity index (χ4n) is 3.67. The van der Waals surface area contributed by atoms with Crippen molar-refractivity contribution in [1.29, 1.82) is 0 Å². The molecule has 1 aliphatic carbocycles. The largest absolute Gasteiger partial charge is 0.464 e. The number of amides is 1. The zero-order valence-corrected chi connectivity index (χ0v) is 16.0. The first-order valence-corrected chi connectivity index (χ1v) is 10.3. The number of nitrogens with zero attached hydrogens (tertiary/aromatic N) is 1. The molecule has 0 atom stereocenters. The van der Waals surface area contributed by atoms with Gasteiger partial charge < -0.3 is 9.73 Å². The van der Waals surface area contributed by atoms with Gasteiger partial charge >= 0.3 is 0 Å². The van der Waals surface area contributed by atoms with Gasteiger partial charge in [-0.2, -0.15) is 0 Å². The Morgan fingerprint density at radius 1 is 1.27 bits per heavy atom. The summed E-state index contributed by atoms with van der Waals surface area (Å²) in [6.07, 6.45) is 8.65. The van der Waals surface area contributed by atoms with E-state index in [0.717, 1.165) is 54.3 Å². The number of thiazole rings is 1. The molecule has 0 aliphatic heterocycles. The molecule has 2 aromatic heterocycles. The fourth-order valence-corrected chi connectivity index (χ4v) is 4.49. The van der Waals surface area contributed by atoms with Crippen LogP contribution in [0, 0.1) is 6.92 Å². The summed E-state index contributed by atoms with van der Waals surface area (Å²) < 4.78 is 5.68. The molecule has 1 aliphatic rings. The molecular weight excluding hydrogens is 344 g/mol. The minimum Gasteiger partial charge on any atom is -0.464 e. The van der Waals surface area contributed by atoms with Crippen LogP contribution in [-0.4, -0.2) is 17.4 Å². The Hall–Kier alpha value is -2.14. The van der Waals surface area contributed by atoms with Crippen LogP contribution < -0.4 is 5.32 Å². The second-order valence-corrected chi connectivity index (χ2v) is 8.04. The highest BCUT2D eigenvalue weighted by molar-refractivity contribution is 7.09. The standard InChI is InChI=1S/C21H24N2O2S/c1-14-13-26-21(23-14)7-2-3-8-22-20(24)11-17-12-25-19-10-16-6-4-5-15(16)9-18(17)19/h9-10,12-13H,2-8,11H2,1H3,(H,22,24). The van der Waals surface area contributed by atoms with Crippen molar-refractivity contribution in [3.8, 4) is 0 Å². The van der Waals surface area contributed by atoms with Crippen molar-refractivity contribution < 1.29 is 9.21 Å². The van der Waals surface area contributed by atoms with Crippen LogP contribution in [0.1, 0.15) is 46.7 Å². The maximum absolute atomic E-state index is 12.3. The zero-order valence-electron chi connectivity index (χ0n) is 15.1. The summed E-state index contributed by atoms with van der Waals surface area (Å²) >= 11 is 1.72. The molecule has 4 nitrogen and oxygen atoms in total. The van der Waals surface area contributed by atoms with E-state index in [9.17, 15) is 4.79 Å².